The minimum atomic E-state index is -3.96. The van der Waals surface area contributed by atoms with Crippen molar-refractivity contribution in [3.8, 4) is 0 Å². The molecule has 0 aliphatic carbocycles. The first-order chi connectivity index (χ1) is 9.81. The molecule has 0 radical (unpaired) electrons. The lowest BCUT2D eigenvalue weighted by molar-refractivity contribution is -0.384. The lowest BCUT2D eigenvalue weighted by Crippen LogP contribution is -2.35. The molecule has 0 bridgehead atoms. The molecule has 9 nitrogen and oxygen atoms in total. The van der Waals surface area contributed by atoms with E-state index in [-0.39, 0.29) is 16.3 Å². The zero-order chi connectivity index (χ0) is 16.0. The van der Waals surface area contributed by atoms with Crippen molar-refractivity contribution in [3.05, 3.63) is 28.3 Å². The molecular weight excluding hydrogens is 300 g/mol. The second-order valence-corrected chi connectivity index (χ2v) is 5.70. The number of hydrogen-bond acceptors (Lipinski definition) is 6. The van der Waals surface area contributed by atoms with Crippen molar-refractivity contribution >= 4 is 27.3 Å². The van der Waals surface area contributed by atoms with E-state index in [0.29, 0.717) is 6.54 Å². The van der Waals surface area contributed by atoms with E-state index in [2.05, 4.69) is 15.4 Å². The number of rotatable bonds is 7. The number of nitrogens with zero attached hydrogens (tertiary/aromatic N) is 1. The topological polar surface area (TPSA) is 130 Å². The first-order valence-electron chi connectivity index (χ1n) is 6.04. The molecule has 0 saturated heterocycles. The molecule has 0 heterocycles. The molecule has 1 aromatic carbocycles. The van der Waals surface area contributed by atoms with Crippen LogP contribution in [0.2, 0.25) is 0 Å². The third-order valence-electron chi connectivity index (χ3n) is 2.53. The third-order valence-corrected chi connectivity index (χ3v) is 3.99. The first-order valence-corrected chi connectivity index (χ1v) is 7.52. The summed E-state index contributed by atoms with van der Waals surface area (Å²) in [5.74, 6) is -0.495. The van der Waals surface area contributed by atoms with Gasteiger partial charge in [-0.05, 0) is 13.0 Å². The van der Waals surface area contributed by atoms with Gasteiger partial charge in [-0.1, -0.05) is 0 Å². The van der Waals surface area contributed by atoms with Gasteiger partial charge in [-0.25, -0.2) is 13.1 Å². The normalized spacial score (nSPS) is 11.0. The van der Waals surface area contributed by atoms with Crippen LogP contribution in [0.15, 0.2) is 23.1 Å². The number of nitro benzene ring substituents is 1. The van der Waals surface area contributed by atoms with Gasteiger partial charge < -0.3 is 10.6 Å². The van der Waals surface area contributed by atoms with Crippen molar-refractivity contribution < 1.29 is 18.1 Å². The highest BCUT2D eigenvalue weighted by Crippen LogP contribution is 2.26. The summed E-state index contributed by atoms with van der Waals surface area (Å²) < 4.78 is 26.4. The van der Waals surface area contributed by atoms with Crippen LogP contribution < -0.4 is 15.4 Å². The number of hydrogen-bond donors (Lipinski definition) is 3. The number of benzene rings is 1. The van der Waals surface area contributed by atoms with E-state index < -0.39 is 27.4 Å². The third kappa shape index (κ3) is 4.39. The van der Waals surface area contributed by atoms with Gasteiger partial charge in [0.05, 0.1) is 17.2 Å². The highest BCUT2D eigenvalue weighted by Gasteiger charge is 2.21. The van der Waals surface area contributed by atoms with Gasteiger partial charge in [-0.2, -0.15) is 0 Å². The minimum absolute atomic E-state index is 0.108. The maximum absolute atomic E-state index is 12.1. The van der Waals surface area contributed by atoms with Crippen LogP contribution in [0.25, 0.3) is 0 Å². The van der Waals surface area contributed by atoms with Crippen molar-refractivity contribution in [2.45, 2.75) is 11.8 Å². The standard InChI is InChI=1S/C11H16N4O5S/c1-3-13-9-6-8(15(17)18)4-5-10(9)21(19,20)14-7-11(16)12-2/h4-6,13-14H,3,7H2,1-2H3,(H,12,16). The Morgan fingerprint density at radius 1 is 1.38 bits per heavy atom. The summed E-state index contributed by atoms with van der Waals surface area (Å²) in [6.45, 7) is 1.70. The number of carbonyl (C=O) groups excluding carboxylic acids is 1. The van der Waals surface area contributed by atoms with Crippen LogP contribution in [-0.2, 0) is 14.8 Å². The van der Waals surface area contributed by atoms with Gasteiger partial charge >= 0.3 is 0 Å². The van der Waals surface area contributed by atoms with Gasteiger partial charge in [0, 0.05) is 25.7 Å². The van der Waals surface area contributed by atoms with E-state index in [9.17, 15) is 23.3 Å². The Morgan fingerprint density at radius 2 is 2.05 bits per heavy atom. The number of nitro groups is 1. The number of amides is 1. The number of anilines is 1. The van der Waals surface area contributed by atoms with E-state index >= 15 is 0 Å². The number of nitrogens with one attached hydrogen (secondary N) is 3. The van der Waals surface area contributed by atoms with Crippen LogP contribution in [0.5, 0.6) is 0 Å². The van der Waals surface area contributed by atoms with Gasteiger partial charge in [-0.15, -0.1) is 0 Å². The van der Waals surface area contributed by atoms with Crippen molar-refractivity contribution in [1.82, 2.24) is 10.0 Å². The number of sulfonamides is 1. The van der Waals surface area contributed by atoms with Crippen LogP contribution in [0.3, 0.4) is 0 Å². The Kier molecular flexibility index (Phi) is 5.61. The average Bonchev–Trinajstić information content (AvgIpc) is 2.44. The highest BCUT2D eigenvalue weighted by atomic mass is 32.2. The fourth-order valence-electron chi connectivity index (χ4n) is 1.52. The number of non-ortho nitro benzene ring substituents is 1. The van der Waals surface area contributed by atoms with Crippen molar-refractivity contribution in [2.24, 2.45) is 0 Å². The molecule has 0 atom stereocenters. The van der Waals surface area contributed by atoms with Crippen molar-refractivity contribution in [2.75, 3.05) is 25.5 Å². The fourth-order valence-corrected chi connectivity index (χ4v) is 2.67. The van der Waals surface area contributed by atoms with E-state index in [1.54, 1.807) is 6.92 Å². The van der Waals surface area contributed by atoms with Crippen molar-refractivity contribution in [3.63, 3.8) is 0 Å². The molecule has 21 heavy (non-hydrogen) atoms. The second-order valence-electron chi connectivity index (χ2n) is 3.97. The lowest BCUT2D eigenvalue weighted by atomic mass is 10.3. The Bertz CT molecular complexity index is 644. The Balaban J connectivity index is 3.15. The average molecular weight is 316 g/mol. The fraction of sp³-hybridized carbons (Fsp3) is 0.364. The summed E-state index contributed by atoms with van der Waals surface area (Å²) in [4.78, 5) is 21.1. The summed E-state index contributed by atoms with van der Waals surface area (Å²) in [5, 5.41) is 15.8. The quantitative estimate of drug-likeness (QED) is 0.481. The zero-order valence-corrected chi connectivity index (χ0v) is 12.4. The molecule has 116 valence electrons. The SMILES string of the molecule is CCNc1cc([N+](=O)[O-])ccc1S(=O)(=O)NCC(=O)NC. The molecule has 0 unspecified atom stereocenters. The summed E-state index contributed by atoms with van der Waals surface area (Å²) in [7, 11) is -2.58. The van der Waals surface area contributed by atoms with Crippen LogP contribution in [-0.4, -0.2) is 39.4 Å². The Labute approximate surface area is 121 Å². The summed E-state index contributed by atoms with van der Waals surface area (Å²) >= 11 is 0. The molecule has 3 N–H and O–H groups in total. The van der Waals surface area contributed by atoms with E-state index in [0.717, 1.165) is 18.2 Å². The smallest absolute Gasteiger partial charge is 0.271 e. The van der Waals surface area contributed by atoms with Crippen LogP contribution in [0.4, 0.5) is 11.4 Å². The summed E-state index contributed by atoms with van der Waals surface area (Å²) in [6, 6.07) is 3.36. The predicted molar refractivity (Wildman–Crippen MR) is 76.5 cm³/mol. The molecular formula is C11H16N4O5S. The molecule has 1 amide bonds. The molecule has 1 aromatic rings. The molecule has 0 fully saturated rings. The van der Waals surface area contributed by atoms with Crippen LogP contribution in [0, 0.1) is 10.1 Å². The molecule has 0 spiro atoms. The highest BCUT2D eigenvalue weighted by molar-refractivity contribution is 7.89. The van der Waals surface area contributed by atoms with Gasteiger partial charge in [0.2, 0.25) is 15.9 Å². The predicted octanol–water partition coefficient (Wildman–Crippen LogP) is 0.0509. The van der Waals surface area contributed by atoms with Gasteiger partial charge in [-0.3, -0.25) is 14.9 Å². The largest absolute Gasteiger partial charge is 0.384 e. The molecule has 0 aliphatic rings. The van der Waals surface area contributed by atoms with Gasteiger partial charge in [0.25, 0.3) is 5.69 Å². The number of likely N-dealkylation sites (N-methyl/N-ethyl adjacent to an activating group) is 1. The van der Waals surface area contributed by atoms with Crippen molar-refractivity contribution in [1.29, 1.82) is 0 Å². The van der Waals surface area contributed by atoms with Gasteiger partial charge in [0.1, 0.15) is 4.90 Å². The van der Waals surface area contributed by atoms with Crippen LogP contribution >= 0.6 is 0 Å². The number of carbonyl (C=O) groups is 1. The summed E-state index contributed by atoms with van der Waals surface area (Å²) in [5.41, 5.74) is -0.118. The maximum Gasteiger partial charge on any atom is 0.271 e. The molecule has 0 aromatic heterocycles. The summed E-state index contributed by atoms with van der Waals surface area (Å²) in [6.07, 6.45) is 0. The molecule has 10 heteroatoms. The minimum Gasteiger partial charge on any atom is -0.384 e. The molecule has 0 aliphatic heterocycles. The molecule has 0 saturated carbocycles. The Morgan fingerprint density at radius 3 is 2.57 bits per heavy atom. The zero-order valence-electron chi connectivity index (χ0n) is 11.5. The van der Waals surface area contributed by atoms with E-state index in [1.165, 1.54) is 7.05 Å². The van der Waals surface area contributed by atoms with Gasteiger partial charge in [0.15, 0.2) is 0 Å². The van der Waals surface area contributed by atoms with E-state index in [1.807, 2.05) is 0 Å². The Hall–Kier alpha value is -2.20. The monoisotopic (exact) mass is 316 g/mol. The first kappa shape index (κ1) is 16.9. The lowest BCUT2D eigenvalue weighted by Gasteiger charge is -2.12. The maximum atomic E-state index is 12.1. The van der Waals surface area contributed by atoms with E-state index in [4.69, 9.17) is 0 Å². The second kappa shape index (κ2) is 6.99. The van der Waals surface area contributed by atoms with Crippen LogP contribution in [0.1, 0.15) is 6.92 Å². The molecule has 1 rings (SSSR count).